The highest BCUT2D eigenvalue weighted by Gasteiger charge is 2.13. The zero-order valence-electron chi connectivity index (χ0n) is 11.5. The SMILES string of the molecule is CN(Cc1cnc2ccccn12)CC1CC=CCC1. The molecule has 2 aromatic heterocycles. The quantitative estimate of drug-likeness (QED) is 0.782. The number of allylic oxidation sites excluding steroid dienone is 2. The van der Waals surface area contributed by atoms with Crippen LogP contribution in [0.1, 0.15) is 25.0 Å². The molecular weight excluding hydrogens is 234 g/mol. The number of rotatable bonds is 4. The highest BCUT2D eigenvalue weighted by atomic mass is 15.1. The first-order valence-corrected chi connectivity index (χ1v) is 7.07. The van der Waals surface area contributed by atoms with Gasteiger partial charge < -0.3 is 9.30 Å². The Balaban J connectivity index is 1.65. The normalized spacial score (nSPS) is 19.4. The van der Waals surface area contributed by atoms with Crippen LogP contribution in [-0.4, -0.2) is 27.9 Å². The number of hydrogen-bond donors (Lipinski definition) is 0. The standard InChI is InChI=1S/C16H21N3/c1-18(12-14-7-3-2-4-8-14)13-15-11-17-16-9-5-6-10-19(15)16/h2-3,5-6,9-11,14H,4,7-8,12-13H2,1H3. The molecule has 0 fully saturated rings. The molecule has 1 aliphatic carbocycles. The second-order valence-corrected chi connectivity index (χ2v) is 5.53. The summed E-state index contributed by atoms with van der Waals surface area (Å²) < 4.78 is 2.18. The Hall–Kier alpha value is -1.61. The molecule has 0 bridgehead atoms. The molecule has 100 valence electrons. The van der Waals surface area contributed by atoms with Gasteiger partial charge >= 0.3 is 0 Å². The van der Waals surface area contributed by atoms with Crippen molar-refractivity contribution < 1.29 is 0 Å². The molecule has 1 unspecified atom stereocenters. The van der Waals surface area contributed by atoms with Gasteiger partial charge in [-0.25, -0.2) is 4.98 Å². The molecule has 1 atom stereocenters. The van der Waals surface area contributed by atoms with Gasteiger partial charge in [0.2, 0.25) is 0 Å². The first-order valence-electron chi connectivity index (χ1n) is 7.07. The van der Waals surface area contributed by atoms with Crippen molar-refractivity contribution in [2.24, 2.45) is 5.92 Å². The van der Waals surface area contributed by atoms with Crippen LogP contribution in [0.25, 0.3) is 5.65 Å². The van der Waals surface area contributed by atoms with Crippen molar-refractivity contribution in [3.63, 3.8) is 0 Å². The lowest BCUT2D eigenvalue weighted by Gasteiger charge is -2.24. The van der Waals surface area contributed by atoms with Crippen LogP contribution in [0.2, 0.25) is 0 Å². The fourth-order valence-corrected chi connectivity index (χ4v) is 2.91. The highest BCUT2D eigenvalue weighted by molar-refractivity contribution is 5.39. The Morgan fingerprint density at radius 1 is 1.37 bits per heavy atom. The molecule has 3 heteroatoms. The maximum Gasteiger partial charge on any atom is 0.136 e. The molecule has 0 aromatic carbocycles. The minimum absolute atomic E-state index is 0.814. The minimum atomic E-state index is 0.814. The van der Waals surface area contributed by atoms with E-state index in [9.17, 15) is 0 Å². The van der Waals surface area contributed by atoms with E-state index in [1.807, 2.05) is 12.3 Å². The lowest BCUT2D eigenvalue weighted by atomic mass is 9.94. The molecule has 0 saturated heterocycles. The van der Waals surface area contributed by atoms with Crippen LogP contribution in [0.15, 0.2) is 42.7 Å². The number of hydrogen-bond acceptors (Lipinski definition) is 2. The Morgan fingerprint density at radius 3 is 3.16 bits per heavy atom. The van der Waals surface area contributed by atoms with E-state index in [2.05, 4.69) is 51.8 Å². The lowest BCUT2D eigenvalue weighted by molar-refractivity contribution is 0.255. The Morgan fingerprint density at radius 2 is 2.32 bits per heavy atom. The summed E-state index contributed by atoms with van der Waals surface area (Å²) in [5.74, 6) is 0.814. The van der Waals surface area contributed by atoms with Gasteiger partial charge in [-0.15, -0.1) is 0 Å². The van der Waals surface area contributed by atoms with Gasteiger partial charge in [-0.3, -0.25) is 0 Å². The van der Waals surface area contributed by atoms with E-state index in [1.54, 1.807) is 0 Å². The Bertz CT molecular complexity index is 570. The predicted octanol–water partition coefficient (Wildman–Crippen LogP) is 3.12. The predicted molar refractivity (Wildman–Crippen MR) is 78.0 cm³/mol. The second kappa shape index (κ2) is 5.57. The zero-order chi connectivity index (χ0) is 13.1. The maximum absolute atomic E-state index is 4.44. The van der Waals surface area contributed by atoms with E-state index in [4.69, 9.17) is 0 Å². The van der Waals surface area contributed by atoms with Crippen LogP contribution in [0.5, 0.6) is 0 Å². The highest BCUT2D eigenvalue weighted by Crippen LogP contribution is 2.19. The summed E-state index contributed by atoms with van der Waals surface area (Å²) in [6, 6.07) is 6.14. The van der Waals surface area contributed by atoms with Gasteiger partial charge in [0.25, 0.3) is 0 Å². The maximum atomic E-state index is 4.44. The fourth-order valence-electron chi connectivity index (χ4n) is 2.91. The molecule has 3 nitrogen and oxygen atoms in total. The van der Waals surface area contributed by atoms with Crippen molar-refractivity contribution in [1.82, 2.24) is 14.3 Å². The molecule has 0 radical (unpaired) electrons. The molecule has 0 amide bonds. The average molecular weight is 255 g/mol. The Kier molecular flexibility index (Phi) is 3.65. The molecule has 1 aliphatic rings. The largest absolute Gasteiger partial charge is 0.303 e. The number of aromatic nitrogens is 2. The second-order valence-electron chi connectivity index (χ2n) is 5.53. The van der Waals surface area contributed by atoms with E-state index in [-0.39, 0.29) is 0 Å². The fraction of sp³-hybridized carbons (Fsp3) is 0.438. The first kappa shape index (κ1) is 12.4. The van der Waals surface area contributed by atoms with Gasteiger partial charge in [-0.05, 0) is 44.4 Å². The number of fused-ring (bicyclic) bond motifs is 1. The van der Waals surface area contributed by atoms with Crippen molar-refractivity contribution in [3.8, 4) is 0 Å². The van der Waals surface area contributed by atoms with Crippen molar-refractivity contribution in [2.75, 3.05) is 13.6 Å². The van der Waals surface area contributed by atoms with Gasteiger partial charge in [0.15, 0.2) is 0 Å². The van der Waals surface area contributed by atoms with Crippen molar-refractivity contribution in [1.29, 1.82) is 0 Å². The third-order valence-electron chi connectivity index (χ3n) is 3.87. The van der Waals surface area contributed by atoms with Crippen LogP contribution >= 0.6 is 0 Å². The monoisotopic (exact) mass is 255 g/mol. The van der Waals surface area contributed by atoms with E-state index < -0.39 is 0 Å². The van der Waals surface area contributed by atoms with E-state index in [0.29, 0.717) is 0 Å². The van der Waals surface area contributed by atoms with Crippen molar-refractivity contribution in [2.45, 2.75) is 25.8 Å². The molecule has 0 aliphatic heterocycles. The van der Waals surface area contributed by atoms with Crippen LogP contribution < -0.4 is 0 Å². The van der Waals surface area contributed by atoms with E-state index in [0.717, 1.165) is 18.1 Å². The number of pyridine rings is 1. The molecule has 2 heterocycles. The topological polar surface area (TPSA) is 20.5 Å². The molecule has 0 saturated carbocycles. The summed E-state index contributed by atoms with van der Waals surface area (Å²) in [7, 11) is 2.21. The van der Waals surface area contributed by atoms with Crippen LogP contribution in [0, 0.1) is 5.92 Å². The summed E-state index contributed by atoms with van der Waals surface area (Å²) in [5.41, 5.74) is 2.30. The molecule has 0 N–H and O–H groups in total. The third kappa shape index (κ3) is 2.87. The average Bonchev–Trinajstić information content (AvgIpc) is 2.83. The summed E-state index contributed by atoms with van der Waals surface area (Å²) in [5, 5.41) is 0. The third-order valence-corrected chi connectivity index (χ3v) is 3.87. The van der Waals surface area contributed by atoms with Crippen LogP contribution in [0.3, 0.4) is 0 Å². The Labute approximate surface area is 114 Å². The summed E-state index contributed by atoms with van der Waals surface area (Å²) in [4.78, 5) is 6.86. The van der Waals surface area contributed by atoms with Gasteiger partial charge in [-0.2, -0.15) is 0 Å². The lowest BCUT2D eigenvalue weighted by Crippen LogP contribution is -2.26. The van der Waals surface area contributed by atoms with Gasteiger partial charge in [0.1, 0.15) is 5.65 Å². The van der Waals surface area contributed by atoms with Gasteiger partial charge in [0.05, 0.1) is 11.9 Å². The number of imidazole rings is 1. The van der Waals surface area contributed by atoms with Gasteiger partial charge in [-0.1, -0.05) is 18.2 Å². The molecule has 3 rings (SSSR count). The zero-order valence-corrected chi connectivity index (χ0v) is 11.5. The summed E-state index contributed by atoms with van der Waals surface area (Å²) in [6.07, 6.45) is 12.5. The smallest absolute Gasteiger partial charge is 0.136 e. The summed E-state index contributed by atoms with van der Waals surface area (Å²) in [6.45, 7) is 2.13. The van der Waals surface area contributed by atoms with Crippen molar-refractivity contribution in [3.05, 3.63) is 48.4 Å². The van der Waals surface area contributed by atoms with E-state index >= 15 is 0 Å². The van der Waals surface area contributed by atoms with Crippen molar-refractivity contribution >= 4 is 5.65 Å². The van der Waals surface area contributed by atoms with Gasteiger partial charge in [0, 0.05) is 19.3 Å². The minimum Gasteiger partial charge on any atom is -0.303 e. The first-order chi connectivity index (χ1) is 9.33. The number of nitrogens with zero attached hydrogens (tertiary/aromatic N) is 3. The molecule has 2 aromatic rings. The molecule has 0 spiro atoms. The van der Waals surface area contributed by atoms with Crippen LogP contribution in [0.4, 0.5) is 0 Å². The van der Waals surface area contributed by atoms with E-state index in [1.165, 1.54) is 31.5 Å². The molecular formula is C16H21N3. The van der Waals surface area contributed by atoms with Crippen LogP contribution in [-0.2, 0) is 6.54 Å². The molecule has 19 heavy (non-hydrogen) atoms. The summed E-state index contributed by atoms with van der Waals surface area (Å²) >= 11 is 0.